The van der Waals surface area contributed by atoms with Crippen molar-refractivity contribution >= 4 is 39.0 Å². The summed E-state index contributed by atoms with van der Waals surface area (Å²) in [5.41, 5.74) is 1.95. The number of carbonyl (C=O) groups is 1. The molecule has 0 saturated carbocycles. The minimum atomic E-state index is -0.102. The molecule has 2 aromatic rings. The van der Waals surface area contributed by atoms with Crippen LogP contribution in [0, 0.1) is 6.92 Å². The smallest absolute Gasteiger partial charge is 0.321 e. The van der Waals surface area contributed by atoms with Gasteiger partial charge in [0, 0.05) is 27.5 Å². The molecule has 0 aliphatic carbocycles. The fraction of sp³-hybridized carbons (Fsp3) is 0.214. The number of halogens is 1. The van der Waals surface area contributed by atoms with E-state index in [4.69, 9.17) is 0 Å². The largest absolute Gasteiger partial charge is 0.322 e. The molecule has 100 valence electrons. The van der Waals surface area contributed by atoms with Crippen LogP contribution in [0.1, 0.15) is 10.4 Å². The summed E-state index contributed by atoms with van der Waals surface area (Å²) in [7, 11) is 1.79. The molecular weight excluding hydrogens is 324 g/mol. The van der Waals surface area contributed by atoms with Gasteiger partial charge in [0.05, 0.1) is 6.54 Å². The second-order valence-electron chi connectivity index (χ2n) is 4.39. The van der Waals surface area contributed by atoms with Crippen molar-refractivity contribution in [2.75, 3.05) is 12.4 Å². The first-order valence-electron chi connectivity index (χ1n) is 5.86. The molecule has 5 heteroatoms. The number of anilines is 1. The molecule has 1 aromatic heterocycles. The Labute approximate surface area is 125 Å². The van der Waals surface area contributed by atoms with Crippen LogP contribution in [0.5, 0.6) is 0 Å². The Balaban J connectivity index is 1.96. The van der Waals surface area contributed by atoms with Crippen LogP contribution >= 0.6 is 27.3 Å². The quantitative estimate of drug-likeness (QED) is 0.878. The number of nitrogens with one attached hydrogen (secondary N) is 1. The normalized spacial score (nSPS) is 10.3. The van der Waals surface area contributed by atoms with Crippen molar-refractivity contribution in [1.29, 1.82) is 0 Å². The van der Waals surface area contributed by atoms with Crippen molar-refractivity contribution in [3.05, 3.63) is 50.6 Å². The highest BCUT2D eigenvalue weighted by molar-refractivity contribution is 9.10. The minimum absolute atomic E-state index is 0.102. The van der Waals surface area contributed by atoms with Gasteiger partial charge in [-0.1, -0.05) is 12.1 Å². The van der Waals surface area contributed by atoms with Gasteiger partial charge in [-0.25, -0.2) is 4.79 Å². The predicted molar refractivity (Wildman–Crippen MR) is 83.7 cm³/mol. The Bertz CT molecular complexity index is 582. The van der Waals surface area contributed by atoms with E-state index in [1.807, 2.05) is 42.6 Å². The fourth-order valence-electron chi connectivity index (χ4n) is 1.68. The van der Waals surface area contributed by atoms with Crippen LogP contribution in [-0.4, -0.2) is 18.0 Å². The van der Waals surface area contributed by atoms with E-state index in [-0.39, 0.29) is 6.03 Å². The summed E-state index contributed by atoms with van der Waals surface area (Å²) in [4.78, 5) is 14.9. The van der Waals surface area contributed by atoms with Gasteiger partial charge in [0.25, 0.3) is 0 Å². The van der Waals surface area contributed by atoms with Gasteiger partial charge in [0.1, 0.15) is 0 Å². The van der Waals surface area contributed by atoms with Crippen molar-refractivity contribution in [2.24, 2.45) is 0 Å². The first-order chi connectivity index (χ1) is 9.04. The van der Waals surface area contributed by atoms with E-state index < -0.39 is 0 Å². The molecule has 19 heavy (non-hydrogen) atoms. The number of benzene rings is 1. The first kappa shape index (κ1) is 14.1. The van der Waals surface area contributed by atoms with Gasteiger partial charge in [-0.3, -0.25) is 0 Å². The molecule has 0 fully saturated rings. The lowest BCUT2D eigenvalue weighted by Crippen LogP contribution is -2.30. The molecule has 2 rings (SSSR count). The van der Waals surface area contributed by atoms with Crippen molar-refractivity contribution in [1.82, 2.24) is 4.90 Å². The van der Waals surface area contributed by atoms with E-state index in [1.54, 1.807) is 23.3 Å². The summed E-state index contributed by atoms with van der Waals surface area (Å²) in [5.74, 6) is 0. The third-order valence-corrected chi connectivity index (χ3v) is 4.31. The standard InChI is InChI=1S/C14H15BrN2OS/c1-10-4-3-5-12(6-10)16-14(18)17(2)8-13-7-11(15)9-19-13/h3-7,9H,8H2,1-2H3,(H,16,18). The second kappa shape index (κ2) is 6.21. The fourth-order valence-corrected chi connectivity index (χ4v) is 3.19. The maximum absolute atomic E-state index is 12.0. The number of thiophene rings is 1. The molecule has 0 aliphatic rings. The molecular formula is C14H15BrN2OS. The highest BCUT2D eigenvalue weighted by atomic mass is 79.9. The molecule has 2 amide bonds. The SMILES string of the molecule is Cc1cccc(NC(=O)N(C)Cc2cc(Br)cs2)c1. The first-order valence-corrected chi connectivity index (χ1v) is 7.53. The maximum Gasteiger partial charge on any atom is 0.321 e. The van der Waals surface area contributed by atoms with Crippen LogP contribution in [0.25, 0.3) is 0 Å². The number of rotatable bonds is 3. The average molecular weight is 339 g/mol. The summed E-state index contributed by atoms with van der Waals surface area (Å²) in [6.07, 6.45) is 0. The van der Waals surface area contributed by atoms with E-state index in [0.717, 1.165) is 20.6 Å². The number of hydrogen-bond acceptors (Lipinski definition) is 2. The third-order valence-electron chi connectivity index (χ3n) is 2.63. The molecule has 0 aliphatic heterocycles. The molecule has 0 saturated heterocycles. The van der Waals surface area contributed by atoms with E-state index >= 15 is 0 Å². The van der Waals surface area contributed by atoms with Crippen LogP contribution in [0.3, 0.4) is 0 Å². The van der Waals surface area contributed by atoms with E-state index in [2.05, 4.69) is 21.2 Å². The van der Waals surface area contributed by atoms with Crippen molar-refractivity contribution in [2.45, 2.75) is 13.5 Å². The van der Waals surface area contributed by atoms with Gasteiger partial charge in [-0.2, -0.15) is 0 Å². The number of nitrogens with zero attached hydrogens (tertiary/aromatic N) is 1. The highest BCUT2D eigenvalue weighted by Crippen LogP contribution is 2.21. The number of urea groups is 1. The van der Waals surface area contributed by atoms with E-state index in [9.17, 15) is 4.79 Å². The summed E-state index contributed by atoms with van der Waals surface area (Å²) >= 11 is 5.05. The summed E-state index contributed by atoms with van der Waals surface area (Å²) in [6, 6.07) is 9.70. The molecule has 3 nitrogen and oxygen atoms in total. The van der Waals surface area contributed by atoms with Crippen molar-refractivity contribution < 1.29 is 4.79 Å². The molecule has 1 aromatic carbocycles. The van der Waals surface area contributed by atoms with Crippen molar-refractivity contribution in [3.8, 4) is 0 Å². The predicted octanol–water partition coefficient (Wildman–Crippen LogP) is 4.48. The van der Waals surface area contributed by atoms with Gasteiger partial charge in [0.15, 0.2) is 0 Å². The molecule has 1 heterocycles. The molecule has 0 unspecified atom stereocenters. The lowest BCUT2D eigenvalue weighted by molar-refractivity contribution is 0.221. The van der Waals surface area contributed by atoms with Crippen LogP contribution in [-0.2, 0) is 6.54 Å². The molecule has 1 N–H and O–H groups in total. The monoisotopic (exact) mass is 338 g/mol. The zero-order chi connectivity index (χ0) is 13.8. The lowest BCUT2D eigenvalue weighted by atomic mass is 10.2. The van der Waals surface area contributed by atoms with E-state index in [1.165, 1.54) is 0 Å². The second-order valence-corrected chi connectivity index (χ2v) is 6.30. The summed E-state index contributed by atoms with van der Waals surface area (Å²) in [5, 5.41) is 4.90. The molecule has 0 bridgehead atoms. The van der Waals surface area contributed by atoms with Crippen LogP contribution in [0.2, 0.25) is 0 Å². The highest BCUT2D eigenvalue weighted by Gasteiger charge is 2.10. The number of carbonyl (C=O) groups excluding carboxylic acids is 1. The Kier molecular flexibility index (Phi) is 4.61. The summed E-state index contributed by atoms with van der Waals surface area (Å²) < 4.78 is 1.06. The molecule has 0 radical (unpaired) electrons. The van der Waals surface area contributed by atoms with Gasteiger partial charge >= 0.3 is 6.03 Å². The third kappa shape index (κ3) is 4.08. The van der Waals surface area contributed by atoms with Crippen molar-refractivity contribution in [3.63, 3.8) is 0 Å². The zero-order valence-corrected chi connectivity index (χ0v) is 13.2. The number of aryl methyl sites for hydroxylation is 1. The summed E-state index contributed by atoms with van der Waals surface area (Å²) in [6.45, 7) is 2.61. The maximum atomic E-state index is 12.0. The molecule has 0 atom stereocenters. The van der Waals surface area contributed by atoms with Gasteiger partial charge in [0.2, 0.25) is 0 Å². The minimum Gasteiger partial charge on any atom is -0.322 e. The Morgan fingerprint density at radius 2 is 2.21 bits per heavy atom. The van der Waals surface area contributed by atoms with E-state index in [0.29, 0.717) is 6.54 Å². The van der Waals surface area contributed by atoms with Crippen LogP contribution in [0.4, 0.5) is 10.5 Å². The van der Waals surface area contributed by atoms with Gasteiger partial charge in [-0.05, 0) is 46.6 Å². The lowest BCUT2D eigenvalue weighted by Gasteiger charge is -2.17. The van der Waals surface area contributed by atoms with Gasteiger partial charge < -0.3 is 10.2 Å². The zero-order valence-electron chi connectivity index (χ0n) is 10.8. The van der Waals surface area contributed by atoms with Crippen LogP contribution < -0.4 is 5.32 Å². The topological polar surface area (TPSA) is 32.3 Å². The van der Waals surface area contributed by atoms with Gasteiger partial charge in [-0.15, -0.1) is 11.3 Å². The Hall–Kier alpha value is -1.33. The molecule has 0 spiro atoms. The Morgan fingerprint density at radius 3 is 2.84 bits per heavy atom. The number of hydrogen-bond donors (Lipinski definition) is 1. The van der Waals surface area contributed by atoms with Crippen LogP contribution in [0.15, 0.2) is 40.2 Å². The Morgan fingerprint density at radius 1 is 1.42 bits per heavy atom. The average Bonchev–Trinajstić information content (AvgIpc) is 2.74. The number of amides is 2.